The Morgan fingerprint density at radius 1 is 1.40 bits per heavy atom. The molecule has 15 heavy (non-hydrogen) atoms. The fourth-order valence-electron chi connectivity index (χ4n) is 0.960. The number of halogens is 1. The van der Waals surface area contributed by atoms with E-state index in [9.17, 15) is 4.79 Å². The maximum atomic E-state index is 11.2. The number of amides is 1. The van der Waals surface area contributed by atoms with Gasteiger partial charge in [0, 0.05) is 28.7 Å². The molecule has 0 saturated heterocycles. The van der Waals surface area contributed by atoms with E-state index >= 15 is 0 Å². The highest BCUT2D eigenvalue weighted by molar-refractivity contribution is 14.1. The molecule has 2 nitrogen and oxygen atoms in total. The summed E-state index contributed by atoms with van der Waals surface area (Å²) >= 11 is 1.93. The second-order valence-corrected chi connectivity index (χ2v) is 3.27. The average molecular weight is 311 g/mol. The predicted octanol–water partition coefficient (Wildman–Crippen LogP) is 2.21. The van der Waals surface area contributed by atoms with Crippen molar-refractivity contribution in [2.75, 3.05) is 6.54 Å². The van der Waals surface area contributed by atoms with Gasteiger partial charge in [-0.2, -0.15) is 0 Å². The van der Waals surface area contributed by atoms with Gasteiger partial charge in [-0.3, -0.25) is 4.79 Å². The lowest BCUT2D eigenvalue weighted by molar-refractivity contribution is -0.116. The van der Waals surface area contributed by atoms with Gasteiger partial charge >= 0.3 is 0 Å². The second-order valence-electron chi connectivity index (χ2n) is 2.73. The number of hydrogen-bond acceptors (Lipinski definition) is 1. The van der Waals surface area contributed by atoms with Crippen molar-refractivity contribution in [2.45, 2.75) is 0 Å². The zero-order chi connectivity index (χ0) is 10.9. The molecule has 0 fully saturated rings. The third-order valence-corrected chi connectivity index (χ3v) is 2.03. The van der Waals surface area contributed by atoms with E-state index in [0.717, 1.165) is 5.56 Å². The normalized spacial score (nSPS) is 9.40. The van der Waals surface area contributed by atoms with Crippen LogP contribution in [-0.2, 0) is 4.79 Å². The quantitative estimate of drug-likeness (QED) is 0.518. The summed E-state index contributed by atoms with van der Waals surface area (Å²) in [6, 6.07) is 9.68. The fraction of sp³-hybridized carbons (Fsp3) is 0.0833. The number of hydrogen-bond donors (Lipinski definition) is 1. The van der Waals surface area contributed by atoms with Crippen LogP contribution in [0, 0.1) is 9.85 Å². The van der Waals surface area contributed by atoms with E-state index in [4.69, 9.17) is 0 Å². The SMILES string of the molecule is O=C(C=Cc1ccccc1)NCC#CI. The second kappa shape index (κ2) is 7.07. The van der Waals surface area contributed by atoms with E-state index in [0.29, 0.717) is 6.54 Å². The lowest BCUT2D eigenvalue weighted by Gasteiger charge is -1.94. The molecule has 3 heteroatoms. The van der Waals surface area contributed by atoms with Gasteiger partial charge in [0.15, 0.2) is 0 Å². The fourth-order valence-corrected chi connectivity index (χ4v) is 1.15. The molecular formula is C12H10INO. The highest BCUT2D eigenvalue weighted by Gasteiger charge is 1.91. The van der Waals surface area contributed by atoms with Crippen LogP contribution in [0.25, 0.3) is 6.08 Å². The molecule has 0 heterocycles. The molecule has 0 saturated carbocycles. The molecule has 0 aromatic heterocycles. The smallest absolute Gasteiger partial charge is 0.244 e. The molecule has 0 aliphatic carbocycles. The van der Waals surface area contributed by atoms with Crippen LogP contribution in [0.2, 0.25) is 0 Å². The third kappa shape index (κ3) is 5.23. The van der Waals surface area contributed by atoms with E-state index in [1.807, 2.05) is 52.9 Å². The topological polar surface area (TPSA) is 29.1 Å². The Kier molecular flexibility index (Phi) is 5.56. The van der Waals surface area contributed by atoms with Gasteiger partial charge in [0.2, 0.25) is 5.91 Å². The first-order valence-electron chi connectivity index (χ1n) is 4.42. The van der Waals surface area contributed by atoms with Crippen LogP contribution in [0.1, 0.15) is 5.56 Å². The van der Waals surface area contributed by atoms with Gasteiger partial charge in [0.05, 0.1) is 6.54 Å². The molecule has 1 aromatic rings. The van der Waals surface area contributed by atoms with Gasteiger partial charge in [-0.05, 0) is 15.6 Å². The van der Waals surface area contributed by atoms with Crippen LogP contribution in [0.15, 0.2) is 36.4 Å². The van der Waals surface area contributed by atoms with Crippen molar-refractivity contribution in [3.05, 3.63) is 42.0 Å². The first kappa shape index (κ1) is 11.8. The number of benzene rings is 1. The lowest BCUT2D eigenvalue weighted by atomic mass is 10.2. The Balaban J connectivity index is 2.43. The van der Waals surface area contributed by atoms with Crippen molar-refractivity contribution < 1.29 is 4.79 Å². The van der Waals surface area contributed by atoms with Crippen molar-refractivity contribution >= 4 is 34.6 Å². The van der Waals surface area contributed by atoms with Gasteiger partial charge in [0.1, 0.15) is 0 Å². The molecule has 76 valence electrons. The monoisotopic (exact) mass is 311 g/mol. The van der Waals surface area contributed by atoms with Crippen LogP contribution in [-0.4, -0.2) is 12.5 Å². The minimum Gasteiger partial charge on any atom is -0.342 e. The van der Waals surface area contributed by atoms with Crippen LogP contribution < -0.4 is 5.32 Å². The Bertz CT molecular complexity index is 401. The van der Waals surface area contributed by atoms with Crippen molar-refractivity contribution in [1.82, 2.24) is 5.32 Å². The Morgan fingerprint density at radius 3 is 2.80 bits per heavy atom. The van der Waals surface area contributed by atoms with E-state index in [1.54, 1.807) is 6.08 Å². The molecule has 0 atom stereocenters. The molecule has 0 unspecified atom stereocenters. The summed E-state index contributed by atoms with van der Waals surface area (Å²) in [5, 5.41) is 2.65. The van der Waals surface area contributed by atoms with E-state index in [1.165, 1.54) is 6.08 Å². The minimum absolute atomic E-state index is 0.127. The minimum atomic E-state index is -0.127. The van der Waals surface area contributed by atoms with Gasteiger partial charge < -0.3 is 5.32 Å². The molecule has 1 amide bonds. The summed E-state index contributed by atoms with van der Waals surface area (Å²) in [7, 11) is 0. The summed E-state index contributed by atoms with van der Waals surface area (Å²) < 4.78 is 2.68. The van der Waals surface area contributed by atoms with Gasteiger partial charge in [-0.15, -0.1) is 0 Å². The first-order valence-corrected chi connectivity index (χ1v) is 5.50. The summed E-state index contributed by atoms with van der Waals surface area (Å²) in [4.78, 5) is 11.2. The van der Waals surface area contributed by atoms with Crippen molar-refractivity contribution in [1.29, 1.82) is 0 Å². The zero-order valence-electron chi connectivity index (χ0n) is 8.03. The van der Waals surface area contributed by atoms with Gasteiger partial charge in [-0.25, -0.2) is 0 Å². The van der Waals surface area contributed by atoms with Crippen LogP contribution >= 0.6 is 22.6 Å². The molecule has 0 bridgehead atoms. The summed E-state index contributed by atoms with van der Waals surface area (Å²) in [6.07, 6.45) is 3.27. The molecule has 1 rings (SSSR count). The van der Waals surface area contributed by atoms with E-state index in [2.05, 4.69) is 15.2 Å². The number of carbonyl (C=O) groups excluding carboxylic acids is 1. The van der Waals surface area contributed by atoms with Gasteiger partial charge in [0.25, 0.3) is 0 Å². The van der Waals surface area contributed by atoms with Crippen molar-refractivity contribution in [3.8, 4) is 9.85 Å². The molecule has 0 aliphatic heterocycles. The molecule has 1 N–H and O–H groups in total. The molecule has 0 spiro atoms. The third-order valence-electron chi connectivity index (χ3n) is 1.64. The van der Waals surface area contributed by atoms with Crippen molar-refractivity contribution in [3.63, 3.8) is 0 Å². The molecule has 1 aromatic carbocycles. The van der Waals surface area contributed by atoms with E-state index < -0.39 is 0 Å². The predicted molar refractivity (Wildman–Crippen MR) is 70.3 cm³/mol. The average Bonchev–Trinajstić information content (AvgIpc) is 2.28. The Morgan fingerprint density at radius 2 is 2.13 bits per heavy atom. The Hall–Kier alpha value is -1.28. The first-order chi connectivity index (χ1) is 7.33. The molecule has 0 aliphatic rings. The maximum absolute atomic E-state index is 11.2. The highest BCUT2D eigenvalue weighted by atomic mass is 127. The van der Waals surface area contributed by atoms with E-state index in [-0.39, 0.29) is 5.91 Å². The number of carbonyl (C=O) groups is 1. The maximum Gasteiger partial charge on any atom is 0.244 e. The highest BCUT2D eigenvalue weighted by Crippen LogP contribution is 2.00. The van der Waals surface area contributed by atoms with Crippen LogP contribution in [0.5, 0.6) is 0 Å². The summed E-state index contributed by atoms with van der Waals surface area (Å²) in [5.41, 5.74) is 1.01. The Labute approximate surface area is 103 Å². The van der Waals surface area contributed by atoms with Crippen LogP contribution in [0.4, 0.5) is 0 Å². The number of nitrogens with one attached hydrogen (secondary N) is 1. The lowest BCUT2D eigenvalue weighted by Crippen LogP contribution is -2.20. The largest absolute Gasteiger partial charge is 0.342 e. The summed E-state index contributed by atoms with van der Waals surface area (Å²) in [6.45, 7) is 0.390. The zero-order valence-corrected chi connectivity index (χ0v) is 10.2. The number of rotatable bonds is 3. The standard InChI is InChI=1S/C12H10INO/c13-9-4-10-14-12(15)8-7-11-5-2-1-3-6-11/h1-3,5-8H,10H2,(H,14,15). The van der Waals surface area contributed by atoms with Crippen molar-refractivity contribution in [2.24, 2.45) is 0 Å². The summed E-state index contributed by atoms with van der Waals surface area (Å²) in [5.74, 6) is 2.62. The van der Waals surface area contributed by atoms with Gasteiger partial charge in [-0.1, -0.05) is 36.3 Å². The molecular weight excluding hydrogens is 301 g/mol. The molecule has 0 radical (unpaired) electrons. The van der Waals surface area contributed by atoms with Crippen LogP contribution in [0.3, 0.4) is 0 Å².